The van der Waals surface area contributed by atoms with Crippen LogP contribution in [0, 0.1) is 0 Å². The van der Waals surface area contributed by atoms with Gasteiger partial charge in [-0.1, -0.05) is 12.1 Å². The van der Waals surface area contributed by atoms with Crippen LogP contribution in [0.4, 0.5) is 5.69 Å². The Labute approximate surface area is 107 Å². The first-order valence-electron chi connectivity index (χ1n) is 6.18. The molecule has 0 radical (unpaired) electrons. The standard InChI is InChI=1S/C15H16N2O/c1-18-14-5-3-2-4-12(14)15-13(16)8-11(9-17-15)10-6-7-10/h2-5,8-10H,6-7,16H2,1H3. The maximum Gasteiger partial charge on any atom is 0.128 e. The van der Waals surface area contributed by atoms with Gasteiger partial charge in [0, 0.05) is 11.8 Å². The summed E-state index contributed by atoms with van der Waals surface area (Å²) in [6.45, 7) is 0. The molecule has 0 amide bonds. The van der Waals surface area contributed by atoms with Gasteiger partial charge in [0.05, 0.1) is 18.5 Å². The summed E-state index contributed by atoms with van der Waals surface area (Å²) in [5.74, 6) is 1.47. The minimum atomic E-state index is 0.673. The van der Waals surface area contributed by atoms with Gasteiger partial charge in [0.1, 0.15) is 5.75 Å². The van der Waals surface area contributed by atoms with Gasteiger partial charge in [0.2, 0.25) is 0 Å². The molecule has 0 unspecified atom stereocenters. The molecule has 1 fully saturated rings. The number of rotatable bonds is 3. The first-order chi connectivity index (χ1) is 8.79. The molecule has 1 aromatic carbocycles. The largest absolute Gasteiger partial charge is 0.496 e. The van der Waals surface area contributed by atoms with Crippen LogP contribution in [0.2, 0.25) is 0 Å². The molecule has 1 aliphatic carbocycles. The van der Waals surface area contributed by atoms with E-state index in [1.165, 1.54) is 18.4 Å². The first kappa shape index (κ1) is 11.1. The first-order valence-corrected chi connectivity index (χ1v) is 6.18. The number of methoxy groups -OCH3 is 1. The Morgan fingerprint density at radius 1 is 1.28 bits per heavy atom. The number of nitrogens with zero attached hydrogens (tertiary/aromatic N) is 1. The highest BCUT2D eigenvalue weighted by Gasteiger charge is 2.24. The van der Waals surface area contributed by atoms with Crippen LogP contribution in [0.1, 0.15) is 24.3 Å². The van der Waals surface area contributed by atoms with Crippen LogP contribution in [-0.4, -0.2) is 12.1 Å². The van der Waals surface area contributed by atoms with E-state index in [0.717, 1.165) is 22.7 Å². The predicted octanol–water partition coefficient (Wildman–Crippen LogP) is 3.22. The summed E-state index contributed by atoms with van der Waals surface area (Å²) in [7, 11) is 1.66. The molecular formula is C15H16N2O. The number of nitrogen functional groups attached to an aromatic ring is 1. The fourth-order valence-electron chi connectivity index (χ4n) is 2.20. The van der Waals surface area contributed by atoms with Crippen LogP contribution in [0.5, 0.6) is 5.75 Å². The van der Waals surface area contributed by atoms with Crippen LogP contribution in [0.3, 0.4) is 0 Å². The average molecular weight is 240 g/mol. The van der Waals surface area contributed by atoms with Crippen molar-refractivity contribution in [1.82, 2.24) is 4.98 Å². The molecule has 92 valence electrons. The molecule has 0 bridgehead atoms. The Bertz CT molecular complexity index is 576. The lowest BCUT2D eigenvalue weighted by Crippen LogP contribution is -1.97. The smallest absolute Gasteiger partial charge is 0.128 e. The van der Waals surface area contributed by atoms with Crippen molar-refractivity contribution in [3.05, 3.63) is 42.1 Å². The molecule has 1 heterocycles. The third kappa shape index (κ3) is 1.92. The van der Waals surface area contributed by atoms with E-state index in [0.29, 0.717) is 5.92 Å². The van der Waals surface area contributed by atoms with E-state index >= 15 is 0 Å². The van der Waals surface area contributed by atoms with E-state index in [1.54, 1.807) is 7.11 Å². The van der Waals surface area contributed by atoms with Crippen molar-refractivity contribution in [3.63, 3.8) is 0 Å². The van der Waals surface area contributed by atoms with E-state index < -0.39 is 0 Å². The number of ether oxygens (including phenoxy) is 1. The van der Waals surface area contributed by atoms with Crippen LogP contribution < -0.4 is 10.5 Å². The van der Waals surface area contributed by atoms with Crippen LogP contribution in [-0.2, 0) is 0 Å². The van der Waals surface area contributed by atoms with E-state index in [9.17, 15) is 0 Å². The SMILES string of the molecule is COc1ccccc1-c1ncc(C2CC2)cc1N. The molecule has 0 spiro atoms. The lowest BCUT2D eigenvalue weighted by atomic mass is 10.1. The van der Waals surface area contributed by atoms with Gasteiger partial charge in [-0.3, -0.25) is 4.98 Å². The van der Waals surface area contributed by atoms with E-state index in [4.69, 9.17) is 10.5 Å². The van der Waals surface area contributed by atoms with Gasteiger partial charge in [0.25, 0.3) is 0 Å². The predicted molar refractivity (Wildman–Crippen MR) is 72.6 cm³/mol. The zero-order valence-electron chi connectivity index (χ0n) is 10.4. The molecule has 0 aliphatic heterocycles. The van der Waals surface area contributed by atoms with E-state index in [-0.39, 0.29) is 0 Å². The Morgan fingerprint density at radius 3 is 2.72 bits per heavy atom. The molecule has 0 atom stereocenters. The summed E-state index contributed by atoms with van der Waals surface area (Å²) >= 11 is 0. The molecule has 2 aromatic rings. The van der Waals surface area contributed by atoms with Crippen molar-refractivity contribution in [3.8, 4) is 17.0 Å². The van der Waals surface area contributed by atoms with Gasteiger partial charge in [-0.25, -0.2) is 0 Å². The number of aromatic nitrogens is 1. The van der Waals surface area contributed by atoms with Crippen molar-refractivity contribution in [1.29, 1.82) is 0 Å². The summed E-state index contributed by atoms with van der Waals surface area (Å²) < 4.78 is 5.35. The third-order valence-corrected chi connectivity index (χ3v) is 3.35. The molecule has 1 aliphatic rings. The topological polar surface area (TPSA) is 48.1 Å². The highest BCUT2D eigenvalue weighted by atomic mass is 16.5. The van der Waals surface area contributed by atoms with Crippen LogP contribution >= 0.6 is 0 Å². The van der Waals surface area contributed by atoms with Gasteiger partial charge >= 0.3 is 0 Å². The molecule has 18 heavy (non-hydrogen) atoms. The summed E-state index contributed by atoms with van der Waals surface area (Å²) in [5, 5.41) is 0. The fraction of sp³-hybridized carbons (Fsp3) is 0.267. The highest BCUT2D eigenvalue weighted by Crippen LogP contribution is 2.41. The monoisotopic (exact) mass is 240 g/mol. The Morgan fingerprint density at radius 2 is 2.06 bits per heavy atom. The lowest BCUT2D eigenvalue weighted by molar-refractivity contribution is 0.416. The molecule has 3 rings (SSSR count). The van der Waals surface area contributed by atoms with Crippen molar-refractivity contribution in [2.75, 3.05) is 12.8 Å². The summed E-state index contributed by atoms with van der Waals surface area (Å²) in [4.78, 5) is 4.51. The number of para-hydroxylation sites is 1. The molecule has 1 saturated carbocycles. The number of nitrogens with two attached hydrogens (primary N) is 1. The van der Waals surface area contributed by atoms with Gasteiger partial charge < -0.3 is 10.5 Å². The van der Waals surface area contributed by atoms with Gasteiger partial charge in [0.15, 0.2) is 0 Å². The molecule has 3 nitrogen and oxygen atoms in total. The Kier molecular flexibility index (Phi) is 2.67. The number of pyridine rings is 1. The zero-order chi connectivity index (χ0) is 12.5. The number of hydrogen-bond acceptors (Lipinski definition) is 3. The molecule has 1 aromatic heterocycles. The second-order valence-corrected chi connectivity index (χ2v) is 4.68. The quantitative estimate of drug-likeness (QED) is 0.896. The second kappa shape index (κ2) is 4.33. The average Bonchev–Trinajstić information content (AvgIpc) is 3.23. The normalized spacial score (nSPS) is 14.5. The second-order valence-electron chi connectivity index (χ2n) is 4.68. The number of hydrogen-bond donors (Lipinski definition) is 1. The maximum absolute atomic E-state index is 6.12. The zero-order valence-corrected chi connectivity index (χ0v) is 10.4. The van der Waals surface area contributed by atoms with Crippen molar-refractivity contribution < 1.29 is 4.74 Å². The van der Waals surface area contributed by atoms with E-state index in [1.807, 2.05) is 36.5 Å². The molecular weight excluding hydrogens is 224 g/mol. The molecule has 2 N–H and O–H groups in total. The third-order valence-electron chi connectivity index (χ3n) is 3.35. The molecule has 0 saturated heterocycles. The summed E-state index contributed by atoms with van der Waals surface area (Å²) in [5.41, 5.74) is 9.85. The van der Waals surface area contributed by atoms with Crippen molar-refractivity contribution in [2.24, 2.45) is 0 Å². The van der Waals surface area contributed by atoms with Crippen LogP contribution in [0.25, 0.3) is 11.3 Å². The maximum atomic E-state index is 6.12. The van der Waals surface area contributed by atoms with Crippen molar-refractivity contribution in [2.45, 2.75) is 18.8 Å². The fourth-order valence-corrected chi connectivity index (χ4v) is 2.20. The summed E-state index contributed by atoms with van der Waals surface area (Å²) in [6, 6.07) is 9.86. The summed E-state index contributed by atoms with van der Waals surface area (Å²) in [6.07, 6.45) is 4.46. The molecule has 3 heteroatoms. The Balaban J connectivity index is 2.05. The Hall–Kier alpha value is -2.03. The van der Waals surface area contributed by atoms with E-state index in [2.05, 4.69) is 4.98 Å². The minimum Gasteiger partial charge on any atom is -0.496 e. The number of benzene rings is 1. The van der Waals surface area contributed by atoms with Crippen LogP contribution in [0.15, 0.2) is 36.5 Å². The number of anilines is 1. The highest BCUT2D eigenvalue weighted by molar-refractivity contribution is 5.77. The van der Waals surface area contributed by atoms with Crippen molar-refractivity contribution >= 4 is 5.69 Å². The lowest BCUT2D eigenvalue weighted by Gasteiger charge is -2.10. The van der Waals surface area contributed by atoms with Gasteiger partial charge in [-0.2, -0.15) is 0 Å². The minimum absolute atomic E-state index is 0.673. The van der Waals surface area contributed by atoms with Gasteiger partial charge in [-0.15, -0.1) is 0 Å². The van der Waals surface area contributed by atoms with Gasteiger partial charge in [-0.05, 0) is 42.5 Å².